The summed E-state index contributed by atoms with van der Waals surface area (Å²) in [6, 6.07) is 0. The zero-order valence-electron chi connectivity index (χ0n) is 5.27. The van der Waals surface area contributed by atoms with Crippen LogP contribution in [0.3, 0.4) is 0 Å². The molecule has 0 saturated heterocycles. The fourth-order valence-electron chi connectivity index (χ4n) is 0. The van der Waals surface area contributed by atoms with Crippen molar-refractivity contribution in [2.45, 2.75) is 0 Å². The SMILES string of the molecule is O=S([O-])S(=O)[O-].OCl.[Na+].[Na+]. The molecule has 0 bridgehead atoms. The molecule has 0 radical (unpaired) electrons. The number of hydrogen-bond donors (Lipinski definition) is 1. The molecular formula is HClNa2O5S2. The van der Waals surface area contributed by atoms with Crippen LogP contribution in [0.4, 0.5) is 0 Å². The Morgan fingerprint density at radius 3 is 1.10 bits per heavy atom. The zero-order chi connectivity index (χ0) is 7.15. The van der Waals surface area contributed by atoms with E-state index in [0.29, 0.717) is 0 Å². The van der Waals surface area contributed by atoms with Gasteiger partial charge in [0.1, 0.15) is 0 Å². The molecule has 52 valence electrons. The average molecular weight is 227 g/mol. The fraction of sp³-hybridized carbons (Fsp3) is 0. The molecule has 0 aliphatic carbocycles. The molecule has 2 atom stereocenters. The fourth-order valence-corrected chi connectivity index (χ4v) is 0. The molecule has 0 aromatic carbocycles. The second kappa shape index (κ2) is 17.5. The second-order valence-corrected chi connectivity index (χ2v) is 2.86. The topological polar surface area (TPSA) is 100 Å². The maximum absolute atomic E-state index is 9.09. The second-order valence-electron chi connectivity index (χ2n) is 0.408. The predicted octanol–water partition coefficient (Wildman–Crippen LogP) is -7.20. The summed E-state index contributed by atoms with van der Waals surface area (Å²) in [6.45, 7) is 0. The summed E-state index contributed by atoms with van der Waals surface area (Å²) in [7, 11) is -5.90. The van der Waals surface area contributed by atoms with Crippen molar-refractivity contribution < 1.29 is 81.3 Å². The Labute approximate surface area is 112 Å². The van der Waals surface area contributed by atoms with Crippen molar-refractivity contribution in [1.82, 2.24) is 0 Å². The van der Waals surface area contributed by atoms with Crippen molar-refractivity contribution in [3.8, 4) is 0 Å². The minimum Gasteiger partial charge on any atom is -0.763 e. The Bertz CT molecular complexity index is 83.6. The van der Waals surface area contributed by atoms with Gasteiger partial charge in [0.15, 0.2) is 0 Å². The van der Waals surface area contributed by atoms with Crippen LogP contribution in [0.1, 0.15) is 0 Å². The average Bonchev–Trinajstić information content (AvgIpc) is 1.72. The molecule has 10 heteroatoms. The van der Waals surface area contributed by atoms with Crippen LogP contribution in [0.2, 0.25) is 0 Å². The molecule has 0 fully saturated rings. The van der Waals surface area contributed by atoms with Gasteiger partial charge < -0.3 is 9.11 Å². The van der Waals surface area contributed by atoms with E-state index in [0.717, 1.165) is 0 Å². The van der Waals surface area contributed by atoms with Gasteiger partial charge in [0, 0.05) is 20.2 Å². The predicted molar refractivity (Wildman–Crippen MR) is 25.9 cm³/mol. The molecule has 0 aliphatic heterocycles. The van der Waals surface area contributed by atoms with Gasteiger partial charge in [-0.15, -0.1) is 0 Å². The van der Waals surface area contributed by atoms with E-state index in [1.165, 1.54) is 0 Å². The molecule has 5 nitrogen and oxygen atoms in total. The van der Waals surface area contributed by atoms with E-state index in [-0.39, 0.29) is 59.1 Å². The minimum absolute atomic E-state index is 0. The normalized spacial score (nSPS) is 12.4. The van der Waals surface area contributed by atoms with Crippen LogP contribution in [0, 0.1) is 0 Å². The van der Waals surface area contributed by atoms with Gasteiger partial charge >= 0.3 is 59.1 Å². The van der Waals surface area contributed by atoms with Crippen LogP contribution in [0.25, 0.3) is 0 Å². The monoisotopic (exact) mass is 226 g/mol. The number of halogens is 1. The molecule has 0 aliphatic rings. The Balaban J connectivity index is -0.0000000412. The van der Waals surface area contributed by atoms with E-state index in [1.54, 1.807) is 0 Å². The van der Waals surface area contributed by atoms with E-state index in [1.807, 2.05) is 0 Å². The molecule has 0 saturated carbocycles. The van der Waals surface area contributed by atoms with E-state index in [4.69, 9.17) is 22.2 Å². The summed E-state index contributed by atoms with van der Waals surface area (Å²) in [5, 5.41) is 0. The zero-order valence-corrected chi connectivity index (χ0v) is 11.7. The first kappa shape index (κ1) is 22.9. The standard InChI is InChI=1S/ClHO.2Na.H2O4S2/c1-2;;;1-5(2)6(3)4/h2H;;;(H,1,2)(H,3,4)/q;2*+1;/p-2. The van der Waals surface area contributed by atoms with E-state index in [2.05, 4.69) is 11.9 Å². The van der Waals surface area contributed by atoms with Crippen LogP contribution in [-0.2, 0) is 20.2 Å². The maximum atomic E-state index is 9.09. The molecule has 0 rings (SSSR count). The van der Waals surface area contributed by atoms with Gasteiger partial charge in [-0.3, -0.25) is 13.1 Å². The van der Waals surface area contributed by atoms with Crippen molar-refractivity contribution in [2.75, 3.05) is 0 Å². The smallest absolute Gasteiger partial charge is 0.763 e. The molecule has 0 amide bonds. The van der Waals surface area contributed by atoms with Gasteiger partial charge in [-0.1, -0.05) is 0 Å². The van der Waals surface area contributed by atoms with E-state index < -0.39 is 20.2 Å². The first-order valence-corrected chi connectivity index (χ1v) is 4.01. The van der Waals surface area contributed by atoms with Crippen molar-refractivity contribution in [2.24, 2.45) is 0 Å². The van der Waals surface area contributed by atoms with Crippen LogP contribution in [-0.4, -0.2) is 22.2 Å². The largest absolute Gasteiger partial charge is 1.00 e. The van der Waals surface area contributed by atoms with Crippen LogP contribution in [0.15, 0.2) is 0 Å². The van der Waals surface area contributed by atoms with Crippen molar-refractivity contribution in [3.05, 3.63) is 0 Å². The van der Waals surface area contributed by atoms with Gasteiger partial charge in [0.25, 0.3) is 0 Å². The van der Waals surface area contributed by atoms with Gasteiger partial charge in [-0.05, 0) is 0 Å². The van der Waals surface area contributed by atoms with Crippen molar-refractivity contribution in [3.63, 3.8) is 0 Å². The first-order chi connectivity index (χ1) is 3.64. The van der Waals surface area contributed by atoms with Crippen LogP contribution in [0.5, 0.6) is 0 Å². The summed E-state index contributed by atoms with van der Waals surface area (Å²) in [4.78, 5) is 0. The van der Waals surface area contributed by atoms with Crippen molar-refractivity contribution >= 4 is 32.1 Å². The van der Waals surface area contributed by atoms with Gasteiger partial charge in [0.2, 0.25) is 0 Å². The quantitative estimate of drug-likeness (QED) is 0.272. The van der Waals surface area contributed by atoms with Crippen LogP contribution >= 0.6 is 11.9 Å². The summed E-state index contributed by atoms with van der Waals surface area (Å²) in [6.07, 6.45) is 0. The van der Waals surface area contributed by atoms with Gasteiger partial charge in [-0.2, -0.15) is 0 Å². The Morgan fingerprint density at radius 2 is 1.10 bits per heavy atom. The maximum Gasteiger partial charge on any atom is 1.00 e. The van der Waals surface area contributed by atoms with E-state index >= 15 is 0 Å². The molecular weight excluding hydrogens is 226 g/mol. The van der Waals surface area contributed by atoms with E-state index in [9.17, 15) is 0 Å². The molecule has 1 N–H and O–H groups in total. The molecule has 0 aromatic heterocycles. The summed E-state index contributed by atoms with van der Waals surface area (Å²) in [5.74, 6) is 0. The molecule has 0 spiro atoms. The number of hydrogen-bond acceptors (Lipinski definition) is 5. The Kier molecular flexibility index (Phi) is 40.1. The third-order valence-electron chi connectivity index (χ3n) is 0.111. The number of rotatable bonds is 1. The summed E-state index contributed by atoms with van der Waals surface area (Å²) >= 11 is 3.64. The third-order valence-corrected chi connectivity index (χ3v) is 1.00. The Hall–Kier alpha value is 2.47. The summed E-state index contributed by atoms with van der Waals surface area (Å²) < 4.78 is 42.8. The molecule has 0 aromatic rings. The third kappa shape index (κ3) is 22.4. The molecule has 10 heavy (non-hydrogen) atoms. The molecule has 2 unspecified atom stereocenters. The van der Waals surface area contributed by atoms with Gasteiger partial charge in [-0.25, -0.2) is 0 Å². The first-order valence-electron chi connectivity index (χ1n) is 1.00. The molecule has 0 heterocycles. The van der Waals surface area contributed by atoms with Crippen LogP contribution < -0.4 is 59.1 Å². The minimum atomic E-state index is -2.95. The summed E-state index contributed by atoms with van der Waals surface area (Å²) in [5.41, 5.74) is 0. The van der Waals surface area contributed by atoms with Crippen molar-refractivity contribution in [1.29, 1.82) is 0 Å². The Morgan fingerprint density at radius 1 is 1.00 bits per heavy atom. The van der Waals surface area contributed by atoms with Gasteiger partial charge in [0.05, 0.1) is 11.9 Å².